The molecule has 4 aromatic rings. The molecule has 2 aromatic heterocycles. The zero-order chi connectivity index (χ0) is 18.5. The van der Waals surface area contributed by atoms with Crippen molar-refractivity contribution >= 4 is 45.8 Å². The molecule has 0 unspecified atom stereocenters. The van der Waals surface area contributed by atoms with Gasteiger partial charge in [0.15, 0.2) is 5.13 Å². The van der Waals surface area contributed by atoms with Crippen LogP contribution >= 0.6 is 34.9 Å². The predicted octanol–water partition coefficient (Wildman–Crippen LogP) is 6.89. The lowest BCUT2D eigenvalue weighted by atomic mass is 10.4. The van der Waals surface area contributed by atoms with Gasteiger partial charge in [-0.1, -0.05) is 59.9 Å². The molecule has 0 atom stereocenters. The summed E-state index contributed by atoms with van der Waals surface area (Å²) in [4.78, 5) is 13.8. The van der Waals surface area contributed by atoms with Gasteiger partial charge >= 0.3 is 0 Å². The van der Waals surface area contributed by atoms with Gasteiger partial charge in [-0.15, -0.1) is 11.3 Å². The van der Waals surface area contributed by atoms with E-state index in [1.807, 2.05) is 30.6 Å². The Bertz CT molecular complexity index is 1020. The van der Waals surface area contributed by atoms with Crippen molar-refractivity contribution in [3.05, 3.63) is 84.0 Å². The van der Waals surface area contributed by atoms with Gasteiger partial charge in [0.2, 0.25) is 0 Å². The van der Waals surface area contributed by atoms with Crippen LogP contribution in [0.5, 0.6) is 0 Å². The number of thiazole rings is 1. The van der Waals surface area contributed by atoms with Gasteiger partial charge in [-0.25, -0.2) is 9.97 Å². The molecule has 134 valence electrons. The van der Waals surface area contributed by atoms with E-state index >= 15 is 0 Å². The summed E-state index contributed by atoms with van der Waals surface area (Å²) in [5, 5.41) is 6.26. The first-order valence-corrected chi connectivity index (χ1v) is 10.9. The smallest absolute Gasteiger partial charge is 0.188 e. The van der Waals surface area contributed by atoms with Crippen molar-refractivity contribution in [2.45, 2.75) is 26.5 Å². The Morgan fingerprint density at radius 1 is 0.852 bits per heavy atom. The number of pyridine rings is 1. The Kier molecular flexibility index (Phi) is 5.77. The zero-order valence-electron chi connectivity index (χ0n) is 14.6. The summed E-state index contributed by atoms with van der Waals surface area (Å²) in [5.41, 5.74) is 1.01. The van der Waals surface area contributed by atoms with Gasteiger partial charge in [0.05, 0.1) is 10.6 Å². The molecular weight excluding hydrogens is 390 g/mol. The molecule has 0 saturated heterocycles. The molecule has 0 aliphatic rings. The van der Waals surface area contributed by atoms with Crippen LogP contribution in [0.4, 0.5) is 10.9 Å². The normalized spacial score (nSPS) is 10.7. The number of hydrogen-bond acceptors (Lipinski definition) is 6. The molecule has 2 aromatic carbocycles. The highest BCUT2D eigenvalue weighted by atomic mass is 32.2. The minimum atomic E-state index is 0.829. The Balaban J connectivity index is 1.64. The summed E-state index contributed by atoms with van der Waals surface area (Å²) >= 11 is 5.01. The second kappa shape index (κ2) is 8.61. The number of rotatable bonds is 6. The Labute approximate surface area is 171 Å². The lowest BCUT2D eigenvalue weighted by Gasteiger charge is -2.11. The minimum absolute atomic E-state index is 0.829. The SMILES string of the molecule is Cc1csc(Nc2ncc(Sc3ccccc3)cc2Sc2ccccc2)n1. The van der Waals surface area contributed by atoms with Gasteiger partial charge < -0.3 is 5.32 Å². The standard InChI is InChI=1S/C21H17N3S3/c1-15-14-25-21(23-15)24-20-19(27-17-10-6-3-7-11-17)12-18(13-22-20)26-16-8-4-2-5-9-16/h2-14H,1H3,(H,22,23,24). The van der Waals surface area contributed by atoms with Crippen molar-refractivity contribution in [2.24, 2.45) is 0 Å². The van der Waals surface area contributed by atoms with Crippen molar-refractivity contribution in [1.82, 2.24) is 9.97 Å². The van der Waals surface area contributed by atoms with Crippen LogP contribution in [0.25, 0.3) is 0 Å². The molecule has 0 aliphatic heterocycles. The summed E-state index contributed by atoms with van der Waals surface area (Å²) in [6, 6.07) is 22.9. The molecule has 0 bridgehead atoms. The summed E-state index contributed by atoms with van der Waals surface area (Å²) in [6.07, 6.45) is 1.91. The molecule has 1 N–H and O–H groups in total. The van der Waals surface area contributed by atoms with Gasteiger partial charge in [-0.2, -0.15) is 0 Å². The maximum Gasteiger partial charge on any atom is 0.188 e. The van der Waals surface area contributed by atoms with Crippen LogP contribution in [0.3, 0.4) is 0 Å². The fourth-order valence-electron chi connectivity index (χ4n) is 2.41. The van der Waals surface area contributed by atoms with Crippen LogP contribution in [0.1, 0.15) is 5.69 Å². The summed E-state index contributed by atoms with van der Waals surface area (Å²) in [6.45, 7) is 1.99. The first-order chi connectivity index (χ1) is 13.3. The van der Waals surface area contributed by atoms with Crippen LogP contribution in [-0.2, 0) is 0 Å². The third kappa shape index (κ3) is 4.91. The summed E-state index contributed by atoms with van der Waals surface area (Å²) in [7, 11) is 0. The molecule has 0 saturated carbocycles. The highest BCUT2D eigenvalue weighted by molar-refractivity contribution is 8.00. The maximum atomic E-state index is 4.69. The van der Waals surface area contributed by atoms with Crippen LogP contribution in [-0.4, -0.2) is 9.97 Å². The number of nitrogens with zero attached hydrogens (tertiary/aromatic N) is 2. The lowest BCUT2D eigenvalue weighted by molar-refractivity contribution is 1.14. The zero-order valence-corrected chi connectivity index (χ0v) is 17.1. The number of hydrogen-bond donors (Lipinski definition) is 1. The second-order valence-corrected chi connectivity index (χ2v) is 8.89. The summed E-state index contributed by atoms with van der Waals surface area (Å²) < 4.78 is 0. The number of nitrogens with one attached hydrogen (secondary N) is 1. The molecule has 0 fully saturated rings. The largest absolute Gasteiger partial charge is 0.315 e. The highest BCUT2D eigenvalue weighted by Crippen LogP contribution is 2.38. The van der Waals surface area contributed by atoms with Gasteiger partial charge in [-0.05, 0) is 37.3 Å². The van der Waals surface area contributed by atoms with Gasteiger partial charge in [0, 0.05) is 26.3 Å². The molecule has 3 nitrogen and oxygen atoms in total. The molecule has 6 heteroatoms. The molecule has 27 heavy (non-hydrogen) atoms. The average Bonchev–Trinajstić information content (AvgIpc) is 3.10. The van der Waals surface area contributed by atoms with E-state index in [2.05, 4.69) is 69.9 Å². The Hall–Kier alpha value is -2.28. The first kappa shape index (κ1) is 18.1. The molecule has 4 rings (SSSR count). The second-order valence-electron chi connectivity index (χ2n) is 5.77. The molecule has 0 amide bonds. The third-order valence-corrected chi connectivity index (χ3v) is 6.50. The van der Waals surface area contributed by atoms with E-state index in [0.717, 1.165) is 26.4 Å². The fourth-order valence-corrected chi connectivity index (χ4v) is 4.95. The first-order valence-electron chi connectivity index (χ1n) is 8.41. The van der Waals surface area contributed by atoms with E-state index in [9.17, 15) is 0 Å². The Morgan fingerprint density at radius 2 is 1.52 bits per heavy atom. The lowest BCUT2D eigenvalue weighted by Crippen LogP contribution is -1.96. The highest BCUT2D eigenvalue weighted by Gasteiger charge is 2.11. The summed E-state index contributed by atoms with van der Waals surface area (Å²) in [5.74, 6) is 0.829. The Morgan fingerprint density at radius 3 is 2.15 bits per heavy atom. The van der Waals surface area contributed by atoms with Gasteiger partial charge in [0.1, 0.15) is 5.82 Å². The van der Waals surface area contributed by atoms with Crippen molar-refractivity contribution in [1.29, 1.82) is 0 Å². The topological polar surface area (TPSA) is 37.8 Å². The van der Waals surface area contributed by atoms with E-state index in [0.29, 0.717) is 0 Å². The number of anilines is 2. The van der Waals surface area contributed by atoms with E-state index < -0.39 is 0 Å². The number of benzene rings is 2. The van der Waals surface area contributed by atoms with E-state index in [4.69, 9.17) is 0 Å². The third-order valence-electron chi connectivity index (χ3n) is 3.62. The number of aryl methyl sites for hydroxylation is 1. The predicted molar refractivity (Wildman–Crippen MR) is 116 cm³/mol. The molecule has 0 radical (unpaired) electrons. The van der Waals surface area contributed by atoms with Crippen LogP contribution in [0.15, 0.2) is 97.9 Å². The number of aromatic nitrogens is 2. The van der Waals surface area contributed by atoms with Crippen molar-refractivity contribution in [3.8, 4) is 0 Å². The molecule has 2 heterocycles. The fraction of sp³-hybridized carbons (Fsp3) is 0.0476. The molecule has 0 aliphatic carbocycles. The van der Waals surface area contributed by atoms with E-state index in [1.165, 1.54) is 9.79 Å². The van der Waals surface area contributed by atoms with Crippen LogP contribution in [0, 0.1) is 6.92 Å². The van der Waals surface area contributed by atoms with Gasteiger partial charge in [0.25, 0.3) is 0 Å². The van der Waals surface area contributed by atoms with Crippen molar-refractivity contribution in [2.75, 3.05) is 5.32 Å². The minimum Gasteiger partial charge on any atom is -0.315 e. The van der Waals surface area contributed by atoms with Crippen LogP contribution < -0.4 is 5.32 Å². The van der Waals surface area contributed by atoms with Crippen molar-refractivity contribution in [3.63, 3.8) is 0 Å². The monoisotopic (exact) mass is 407 g/mol. The van der Waals surface area contributed by atoms with Crippen LogP contribution in [0.2, 0.25) is 0 Å². The average molecular weight is 408 g/mol. The maximum absolute atomic E-state index is 4.69. The van der Waals surface area contributed by atoms with E-state index in [-0.39, 0.29) is 0 Å². The van der Waals surface area contributed by atoms with Gasteiger partial charge in [-0.3, -0.25) is 0 Å². The van der Waals surface area contributed by atoms with Crippen molar-refractivity contribution < 1.29 is 0 Å². The van der Waals surface area contributed by atoms with E-state index in [1.54, 1.807) is 34.9 Å². The molecular formula is C21H17N3S3. The molecule has 0 spiro atoms. The quantitative estimate of drug-likeness (QED) is 0.376.